The van der Waals surface area contributed by atoms with Gasteiger partial charge < -0.3 is 9.84 Å². The van der Waals surface area contributed by atoms with Crippen molar-refractivity contribution in [3.63, 3.8) is 0 Å². The molecule has 3 rings (SSSR count). The van der Waals surface area contributed by atoms with E-state index in [4.69, 9.17) is 4.74 Å². The van der Waals surface area contributed by atoms with Crippen molar-refractivity contribution in [3.05, 3.63) is 53.1 Å². The molecule has 3 heteroatoms. The van der Waals surface area contributed by atoms with E-state index in [0.717, 1.165) is 36.3 Å². The van der Waals surface area contributed by atoms with Gasteiger partial charge in [-0.25, -0.2) is 4.79 Å². The Kier molecular flexibility index (Phi) is 9.45. The van der Waals surface area contributed by atoms with Crippen molar-refractivity contribution in [1.82, 2.24) is 0 Å². The number of aromatic carboxylic acids is 1. The second kappa shape index (κ2) is 12.5. The number of carbonyl (C=O) groups is 1. The van der Waals surface area contributed by atoms with E-state index in [1.807, 2.05) is 12.1 Å². The molecule has 0 fully saturated rings. The molecule has 3 nitrogen and oxygen atoms in total. The molecule has 0 aliphatic heterocycles. The van der Waals surface area contributed by atoms with Crippen molar-refractivity contribution in [2.45, 2.75) is 90.4 Å². The van der Waals surface area contributed by atoms with Gasteiger partial charge in [0.25, 0.3) is 0 Å². The fourth-order valence-corrected chi connectivity index (χ4v) is 4.54. The molecule has 2 aromatic carbocycles. The van der Waals surface area contributed by atoms with Gasteiger partial charge >= 0.3 is 5.97 Å². The third-order valence-electron chi connectivity index (χ3n) is 6.37. The van der Waals surface area contributed by atoms with Gasteiger partial charge in [-0.05, 0) is 59.4 Å². The van der Waals surface area contributed by atoms with Crippen LogP contribution in [0.1, 0.15) is 105 Å². The number of rotatable bonds is 15. The quantitative estimate of drug-likeness (QED) is 0.252. The van der Waals surface area contributed by atoms with Crippen molar-refractivity contribution < 1.29 is 14.6 Å². The fraction of sp³-hybridized carbons (Fsp3) is 0.536. The van der Waals surface area contributed by atoms with Crippen LogP contribution in [-0.2, 0) is 6.42 Å². The van der Waals surface area contributed by atoms with E-state index in [2.05, 4.69) is 19.1 Å². The summed E-state index contributed by atoms with van der Waals surface area (Å²) in [4.78, 5) is 11.2. The Bertz CT molecular complexity index is 840. The number of carboxylic acid groups (broad SMARTS) is 1. The van der Waals surface area contributed by atoms with Crippen LogP contribution in [0.5, 0.6) is 5.75 Å². The lowest BCUT2D eigenvalue weighted by Crippen LogP contribution is -1.98. The number of benzene rings is 2. The molecular formula is C28H38O3. The molecule has 0 aromatic heterocycles. The van der Waals surface area contributed by atoms with Gasteiger partial charge in [0.1, 0.15) is 5.75 Å². The number of hydrogen-bond acceptors (Lipinski definition) is 2. The van der Waals surface area contributed by atoms with E-state index in [-0.39, 0.29) is 0 Å². The van der Waals surface area contributed by atoms with Crippen LogP contribution < -0.4 is 4.74 Å². The highest BCUT2D eigenvalue weighted by Gasteiger charge is 2.20. The summed E-state index contributed by atoms with van der Waals surface area (Å²) in [7, 11) is 0. The average molecular weight is 423 g/mol. The molecule has 1 aliphatic rings. The Morgan fingerprint density at radius 2 is 1.32 bits per heavy atom. The highest BCUT2D eigenvalue weighted by molar-refractivity contribution is 5.90. The molecule has 0 unspecified atom stereocenters. The second-order valence-electron chi connectivity index (χ2n) is 8.91. The van der Waals surface area contributed by atoms with Gasteiger partial charge in [-0.1, -0.05) is 89.7 Å². The summed E-state index contributed by atoms with van der Waals surface area (Å²) in [5.74, 6) is 0.0540. The van der Waals surface area contributed by atoms with Crippen molar-refractivity contribution in [3.8, 4) is 16.9 Å². The van der Waals surface area contributed by atoms with Crippen molar-refractivity contribution in [2.75, 3.05) is 6.61 Å². The van der Waals surface area contributed by atoms with Crippen LogP contribution in [-0.4, -0.2) is 17.7 Å². The Morgan fingerprint density at radius 3 is 1.94 bits per heavy atom. The number of unbranched alkanes of at least 4 members (excludes halogenated alkanes) is 11. The van der Waals surface area contributed by atoms with Gasteiger partial charge in [0, 0.05) is 0 Å². The molecule has 0 amide bonds. The molecule has 0 spiro atoms. The lowest BCUT2D eigenvalue weighted by Gasteiger charge is -2.08. The molecule has 2 aromatic rings. The van der Waals surface area contributed by atoms with Crippen molar-refractivity contribution in [1.29, 1.82) is 0 Å². The molecule has 0 heterocycles. The predicted molar refractivity (Wildman–Crippen MR) is 128 cm³/mol. The van der Waals surface area contributed by atoms with E-state index >= 15 is 0 Å². The predicted octanol–water partition coefficient (Wildman–Crippen LogP) is 8.04. The fourth-order valence-electron chi connectivity index (χ4n) is 4.54. The molecular weight excluding hydrogens is 384 g/mol. The minimum Gasteiger partial charge on any atom is -0.494 e. The SMILES string of the molecule is CCCCCCCCCCCCCCOc1ccc2c(c1)Cc1cc(C(=O)O)ccc1-2. The smallest absolute Gasteiger partial charge is 0.335 e. The van der Waals surface area contributed by atoms with E-state index < -0.39 is 5.97 Å². The van der Waals surface area contributed by atoms with Crippen LogP contribution in [0.2, 0.25) is 0 Å². The standard InChI is InChI=1S/C28H38O3/c1-2-3-4-5-6-7-8-9-10-11-12-13-18-31-25-15-17-27-24(21-25)20-23-19-22(28(29)30)14-16-26(23)27/h14-17,19,21H,2-13,18,20H2,1H3,(H,29,30). The Balaban J connectivity index is 1.29. The first-order valence-corrected chi connectivity index (χ1v) is 12.3. The maximum Gasteiger partial charge on any atom is 0.335 e. The molecule has 0 bridgehead atoms. The van der Waals surface area contributed by atoms with Gasteiger partial charge in [-0.3, -0.25) is 0 Å². The summed E-state index contributed by atoms with van der Waals surface area (Å²) >= 11 is 0. The lowest BCUT2D eigenvalue weighted by molar-refractivity contribution is 0.0697. The Hall–Kier alpha value is -2.29. The zero-order chi connectivity index (χ0) is 21.9. The molecule has 0 atom stereocenters. The third kappa shape index (κ3) is 7.12. The summed E-state index contributed by atoms with van der Waals surface area (Å²) in [6.07, 6.45) is 17.0. The van der Waals surface area contributed by atoms with Crippen molar-refractivity contribution in [2.24, 2.45) is 0 Å². The normalized spacial score (nSPS) is 11.9. The van der Waals surface area contributed by atoms with Gasteiger partial charge in [-0.2, -0.15) is 0 Å². The zero-order valence-corrected chi connectivity index (χ0v) is 19.1. The maximum atomic E-state index is 11.2. The second-order valence-corrected chi connectivity index (χ2v) is 8.91. The molecule has 168 valence electrons. The zero-order valence-electron chi connectivity index (χ0n) is 19.1. The number of carboxylic acids is 1. The Labute approximate surface area is 187 Å². The van der Waals surface area contributed by atoms with E-state index in [9.17, 15) is 9.90 Å². The number of hydrogen-bond donors (Lipinski definition) is 1. The van der Waals surface area contributed by atoms with Crippen molar-refractivity contribution >= 4 is 5.97 Å². The van der Waals surface area contributed by atoms with Gasteiger partial charge in [-0.15, -0.1) is 0 Å². The molecule has 0 saturated heterocycles. The minimum absolute atomic E-state index is 0.356. The molecule has 31 heavy (non-hydrogen) atoms. The van der Waals surface area contributed by atoms with E-state index in [0.29, 0.717) is 5.56 Å². The highest BCUT2D eigenvalue weighted by atomic mass is 16.5. The van der Waals surface area contributed by atoms with E-state index in [1.165, 1.54) is 81.8 Å². The number of fused-ring (bicyclic) bond motifs is 3. The van der Waals surface area contributed by atoms with Crippen LogP contribution >= 0.6 is 0 Å². The van der Waals surface area contributed by atoms with Gasteiger partial charge in [0.2, 0.25) is 0 Å². The third-order valence-corrected chi connectivity index (χ3v) is 6.37. The largest absolute Gasteiger partial charge is 0.494 e. The average Bonchev–Trinajstić information content (AvgIpc) is 3.13. The first-order chi connectivity index (χ1) is 15.2. The van der Waals surface area contributed by atoms with Crippen LogP contribution in [0.4, 0.5) is 0 Å². The lowest BCUT2D eigenvalue weighted by atomic mass is 10.0. The Morgan fingerprint density at radius 1 is 0.774 bits per heavy atom. The van der Waals surface area contributed by atoms with Gasteiger partial charge in [0.15, 0.2) is 0 Å². The highest BCUT2D eigenvalue weighted by Crippen LogP contribution is 2.38. The first kappa shape index (κ1) is 23.4. The van der Waals surface area contributed by atoms with Crippen LogP contribution in [0, 0.1) is 0 Å². The molecule has 0 saturated carbocycles. The first-order valence-electron chi connectivity index (χ1n) is 12.3. The topological polar surface area (TPSA) is 46.5 Å². The molecule has 0 radical (unpaired) electrons. The minimum atomic E-state index is -0.870. The van der Waals surface area contributed by atoms with E-state index in [1.54, 1.807) is 12.1 Å². The summed E-state index contributed by atoms with van der Waals surface area (Å²) in [5, 5.41) is 9.21. The van der Waals surface area contributed by atoms with Crippen LogP contribution in [0.15, 0.2) is 36.4 Å². The summed E-state index contributed by atoms with van der Waals surface area (Å²) in [6.45, 7) is 3.04. The summed E-state index contributed by atoms with van der Waals surface area (Å²) < 4.78 is 5.99. The molecule has 1 aliphatic carbocycles. The summed E-state index contributed by atoms with van der Waals surface area (Å²) in [5.41, 5.74) is 5.02. The maximum absolute atomic E-state index is 11.2. The number of ether oxygens (including phenoxy) is 1. The van der Waals surface area contributed by atoms with Crippen LogP contribution in [0.25, 0.3) is 11.1 Å². The monoisotopic (exact) mass is 422 g/mol. The summed E-state index contributed by atoms with van der Waals surface area (Å²) in [6, 6.07) is 11.7. The van der Waals surface area contributed by atoms with Crippen LogP contribution in [0.3, 0.4) is 0 Å². The molecule has 1 N–H and O–H groups in total. The van der Waals surface area contributed by atoms with Gasteiger partial charge in [0.05, 0.1) is 12.2 Å².